The van der Waals surface area contributed by atoms with Gasteiger partial charge in [0.05, 0.1) is 10.6 Å². The van der Waals surface area contributed by atoms with Crippen LogP contribution in [0.15, 0.2) is 42.5 Å². The van der Waals surface area contributed by atoms with E-state index in [1.807, 2.05) is 4.90 Å². The molecule has 2 heterocycles. The van der Waals surface area contributed by atoms with Crippen LogP contribution in [0.2, 0.25) is 0 Å². The van der Waals surface area contributed by atoms with Gasteiger partial charge in [0.2, 0.25) is 11.8 Å². The predicted octanol–water partition coefficient (Wildman–Crippen LogP) is 3.52. The highest BCUT2D eigenvalue weighted by molar-refractivity contribution is 6.21. The fourth-order valence-corrected chi connectivity index (χ4v) is 4.42. The molecule has 162 valence electrons. The molecule has 31 heavy (non-hydrogen) atoms. The Kier molecular flexibility index (Phi) is 5.39. The fraction of sp³-hybridized carbons (Fsp3) is 0.391. The van der Waals surface area contributed by atoms with Crippen LogP contribution in [0.1, 0.15) is 25.8 Å². The lowest BCUT2D eigenvalue weighted by Gasteiger charge is -2.42. The molecule has 0 N–H and O–H groups in total. The van der Waals surface area contributed by atoms with Crippen LogP contribution in [0, 0.1) is 23.0 Å². The molecule has 0 aliphatic carbocycles. The summed E-state index contributed by atoms with van der Waals surface area (Å²) in [5, 5.41) is 11.8. The summed E-state index contributed by atoms with van der Waals surface area (Å²) in [6.45, 7) is 7.86. The molecule has 0 bridgehead atoms. The van der Waals surface area contributed by atoms with Gasteiger partial charge in [-0.25, -0.2) is 0 Å². The number of amides is 2. The highest BCUT2D eigenvalue weighted by atomic mass is 16.6. The number of benzene rings is 2. The normalized spacial score (nSPS) is 21.7. The minimum Gasteiger partial charge on any atom is -0.365 e. The lowest BCUT2D eigenvalue weighted by molar-refractivity contribution is -0.384. The number of piperazine rings is 1. The topological polar surface area (TPSA) is 87.0 Å². The Balaban J connectivity index is 1.58. The molecule has 2 fully saturated rings. The van der Waals surface area contributed by atoms with Gasteiger partial charge in [0.1, 0.15) is 5.69 Å². The zero-order valence-corrected chi connectivity index (χ0v) is 17.9. The van der Waals surface area contributed by atoms with Gasteiger partial charge in [0, 0.05) is 49.8 Å². The number of nitro benzene ring substituents is 1. The Morgan fingerprint density at radius 1 is 1.00 bits per heavy atom. The molecular formula is C23H26N4O4. The summed E-state index contributed by atoms with van der Waals surface area (Å²) in [5.74, 6) is -1.03. The van der Waals surface area contributed by atoms with Crippen molar-refractivity contribution in [3.8, 4) is 0 Å². The summed E-state index contributed by atoms with van der Waals surface area (Å²) in [7, 11) is 0. The van der Waals surface area contributed by atoms with E-state index in [9.17, 15) is 19.7 Å². The molecule has 0 radical (unpaired) electrons. The molecule has 0 spiro atoms. The molecule has 2 aliphatic rings. The average Bonchev–Trinajstić information content (AvgIpc) is 2.99. The smallest absolute Gasteiger partial charge is 0.294 e. The number of rotatable bonds is 4. The van der Waals surface area contributed by atoms with Crippen molar-refractivity contribution in [3.63, 3.8) is 0 Å². The Hall–Kier alpha value is -3.42. The molecule has 0 unspecified atom stereocenters. The Bertz CT molecular complexity index is 1040. The van der Waals surface area contributed by atoms with E-state index >= 15 is 0 Å². The molecule has 2 amide bonds. The second-order valence-electron chi connectivity index (χ2n) is 8.43. The Labute approximate surface area is 181 Å². The zero-order chi connectivity index (χ0) is 22.3. The number of anilines is 3. The van der Waals surface area contributed by atoms with Gasteiger partial charge in [-0.1, -0.05) is 24.6 Å². The quantitative estimate of drug-likeness (QED) is 0.426. The third-order valence-corrected chi connectivity index (χ3v) is 6.12. The van der Waals surface area contributed by atoms with Crippen LogP contribution >= 0.6 is 0 Å². The van der Waals surface area contributed by atoms with Crippen LogP contribution < -0.4 is 14.7 Å². The standard InChI is InChI=1S/C23H26N4O4/c1-15-4-6-18(7-5-15)25-11-10-24(14-17(25)3)20-9-8-19(13-21(20)27(30)31)26-22(28)12-16(2)23(26)29/h4-9,13,16-17H,10-12,14H2,1-3H3/t16-,17-/m0/s1. The van der Waals surface area contributed by atoms with E-state index in [0.717, 1.165) is 17.1 Å². The molecule has 2 aromatic rings. The summed E-state index contributed by atoms with van der Waals surface area (Å²) in [5.41, 5.74) is 3.03. The van der Waals surface area contributed by atoms with E-state index in [1.54, 1.807) is 19.1 Å². The zero-order valence-electron chi connectivity index (χ0n) is 17.9. The number of carbonyl (C=O) groups excluding carboxylic acids is 2. The van der Waals surface area contributed by atoms with Crippen molar-refractivity contribution in [1.82, 2.24) is 0 Å². The summed E-state index contributed by atoms with van der Waals surface area (Å²) < 4.78 is 0. The van der Waals surface area contributed by atoms with Gasteiger partial charge in [-0.05, 0) is 38.1 Å². The largest absolute Gasteiger partial charge is 0.365 e. The fourth-order valence-electron chi connectivity index (χ4n) is 4.42. The van der Waals surface area contributed by atoms with Crippen molar-refractivity contribution in [1.29, 1.82) is 0 Å². The average molecular weight is 422 g/mol. The monoisotopic (exact) mass is 422 g/mol. The number of nitrogens with zero attached hydrogens (tertiary/aromatic N) is 4. The van der Waals surface area contributed by atoms with Crippen LogP contribution in [-0.4, -0.2) is 42.4 Å². The van der Waals surface area contributed by atoms with Crippen molar-refractivity contribution in [2.45, 2.75) is 33.2 Å². The summed E-state index contributed by atoms with van der Waals surface area (Å²) in [6.07, 6.45) is 0.132. The predicted molar refractivity (Wildman–Crippen MR) is 120 cm³/mol. The van der Waals surface area contributed by atoms with Crippen molar-refractivity contribution in [2.75, 3.05) is 34.3 Å². The van der Waals surface area contributed by atoms with Gasteiger partial charge < -0.3 is 9.80 Å². The lowest BCUT2D eigenvalue weighted by atomic mass is 10.1. The second-order valence-corrected chi connectivity index (χ2v) is 8.43. The van der Waals surface area contributed by atoms with Gasteiger partial charge in [0.25, 0.3) is 5.69 Å². The van der Waals surface area contributed by atoms with Crippen molar-refractivity contribution < 1.29 is 14.5 Å². The maximum absolute atomic E-state index is 12.3. The minimum absolute atomic E-state index is 0.0892. The van der Waals surface area contributed by atoms with Crippen LogP contribution in [0.5, 0.6) is 0 Å². The first-order chi connectivity index (χ1) is 14.8. The van der Waals surface area contributed by atoms with E-state index in [-0.39, 0.29) is 35.7 Å². The van der Waals surface area contributed by atoms with Crippen LogP contribution in [0.25, 0.3) is 0 Å². The van der Waals surface area contributed by atoms with Gasteiger partial charge in [-0.2, -0.15) is 0 Å². The van der Waals surface area contributed by atoms with E-state index in [4.69, 9.17) is 0 Å². The van der Waals surface area contributed by atoms with E-state index in [1.165, 1.54) is 11.6 Å². The molecule has 2 atom stereocenters. The molecule has 8 nitrogen and oxygen atoms in total. The summed E-state index contributed by atoms with van der Waals surface area (Å²) in [4.78, 5) is 41.3. The van der Waals surface area contributed by atoms with Gasteiger partial charge in [-0.3, -0.25) is 24.6 Å². The molecule has 0 aromatic heterocycles. The number of hydrogen-bond acceptors (Lipinski definition) is 6. The van der Waals surface area contributed by atoms with Gasteiger partial charge in [-0.15, -0.1) is 0 Å². The van der Waals surface area contributed by atoms with E-state index in [2.05, 4.69) is 43.0 Å². The van der Waals surface area contributed by atoms with E-state index in [0.29, 0.717) is 18.8 Å². The first-order valence-corrected chi connectivity index (χ1v) is 10.5. The van der Waals surface area contributed by atoms with Crippen LogP contribution in [-0.2, 0) is 9.59 Å². The highest BCUT2D eigenvalue weighted by Crippen LogP contribution is 2.36. The second kappa shape index (κ2) is 8.02. The molecular weight excluding hydrogens is 396 g/mol. The van der Waals surface area contributed by atoms with Crippen LogP contribution in [0.4, 0.5) is 22.7 Å². The maximum atomic E-state index is 12.3. The minimum atomic E-state index is -0.440. The lowest BCUT2D eigenvalue weighted by Crippen LogP contribution is -2.52. The SMILES string of the molecule is Cc1ccc(N2CCN(c3ccc(N4C(=O)C[C@H](C)C4=O)cc3[N+](=O)[O-])C[C@@H]2C)cc1. The Morgan fingerprint density at radius 2 is 1.68 bits per heavy atom. The van der Waals surface area contributed by atoms with Gasteiger partial charge >= 0.3 is 0 Å². The number of carbonyl (C=O) groups is 2. The highest BCUT2D eigenvalue weighted by Gasteiger charge is 2.38. The van der Waals surface area contributed by atoms with Crippen molar-refractivity contribution in [3.05, 3.63) is 58.1 Å². The Morgan fingerprint density at radius 3 is 2.26 bits per heavy atom. The third kappa shape index (κ3) is 3.85. The number of aryl methyl sites for hydroxylation is 1. The van der Waals surface area contributed by atoms with Crippen molar-refractivity contribution in [2.24, 2.45) is 5.92 Å². The van der Waals surface area contributed by atoms with E-state index < -0.39 is 10.8 Å². The number of nitro groups is 1. The first-order valence-electron chi connectivity index (χ1n) is 10.5. The van der Waals surface area contributed by atoms with Gasteiger partial charge in [0.15, 0.2) is 0 Å². The first kappa shape index (κ1) is 20.8. The number of hydrogen-bond donors (Lipinski definition) is 0. The van der Waals surface area contributed by atoms with Crippen LogP contribution in [0.3, 0.4) is 0 Å². The molecule has 2 aliphatic heterocycles. The maximum Gasteiger partial charge on any atom is 0.294 e. The summed E-state index contributed by atoms with van der Waals surface area (Å²) >= 11 is 0. The van der Waals surface area contributed by atoms with Crippen molar-refractivity contribution >= 4 is 34.6 Å². The summed E-state index contributed by atoms with van der Waals surface area (Å²) in [6, 6.07) is 13.2. The molecule has 8 heteroatoms. The molecule has 0 saturated carbocycles. The molecule has 2 saturated heterocycles. The molecule has 2 aromatic carbocycles. The third-order valence-electron chi connectivity index (χ3n) is 6.12. The molecule has 4 rings (SSSR count). The number of imide groups is 1.